The Balaban J connectivity index is -0.000000216. The number of pyridine rings is 1. The van der Waals surface area contributed by atoms with Gasteiger partial charge in [0.2, 0.25) is 0 Å². The first-order chi connectivity index (χ1) is 19.6. The van der Waals surface area contributed by atoms with Gasteiger partial charge in [0, 0.05) is 29.6 Å². The van der Waals surface area contributed by atoms with E-state index in [4.69, 9.17) is 9.47 Å². The van der Waals surface area contributed by atoms with Crippen molar-refractivity contribution < 1.29 is 14.3 Å². The number of carbonyl (C=O) groups is 1. The summed E-state index contributed by atoms with van der Waals surface area (Å²) in [5, 5.41) is 0. The van der Waals surface area contributed by atoms with Crippen LogP contribution in [0.25, 0.3) is 0 Å². The van der Waals surface area contributed by atoms with E-state index in [1.54, 1.807) is 18.9 Å². The van der Waals surface area contributed by atoms with Crippen LogP contribution in [0.5, 0.6) is 5.75 Å². The molecule has 3 aromatic rings. The summed E-state index contributed by atoms with van der Waals surface area (Å²) < 4.78 is 10.2. The normalized spacial score (nSPS) is 8.34. The van der Waals surface area contributed by atoms with Crippen molar-refractivity contribution in [1.82, 2.24) is 15.0 Å². The molecule has 0 N–H and O–H groups in total. The van der Waals surface area contributed by atoms with Gasteiger partial charge in [-0.25, -0.2) is 9.97 Å². The van der Waals surface area contributed by atoms with Gasteiger partial charge in [0.15, 0.2) is 5.78 Å². The molecule has 2 aromatic heterocycles. The monoisotopic (exact) mass is 587 g/mol. The number of hydrogen-bond donors (Lipinski definition) is 0. The minimum Gasteiger partial charge on any atom is -0.491 e. The topological polar surface area (TPSA) is 74.2 Å². The number of carbonyl (C=O) groups excluding carboxylic acids is 1. The van der Waals surface area contributed by atoms with Gasteiger partial charge in [-0.05, 0) is 78.1 Å². The van der Waals surface area contributed by atoms with Crippen molar-refractivity contribution in [3.63, 3.8) is 0 Å². The van der Waals surface area contributed by atoms with Crippen molar-refractivity contribution >= 4 is 17.5 Å². The van der Waals surface area contributed by atoms with E-state index >= 15 is 0 Å². The highest BCUT2D eigenvalue weighted by Gasteiger charge is 1.97. The molecule has 6 nitrogen and oxygen atoms in total. The zero-order chi connectivity index (χ0) is 32.6. The Morgan fingerprint density at radius 1 is 0.854 bits per heavy atom. The number of benzene rings is 1. The second-order valence-electron chi connectivity index (χ2n) is 7.46. The molecule has 0 bridgehead atoms. The smallest absolute Gasteiger partial charge is 0.152 e. The quantitative estimate of drug-likeness (QED) is 0.162. The van der Waals surface area contributed by atoms with Crippen molar-refractivity contribution in [3.8, 4) is 5.75 Å². The summed E-state index contributed by atoms with van der Waals surface area (Å²) in [5.74, 6) is 1.76. The number of nitrogens with zero attached hydrogens (tertiary/aromatic N) is 3. The number of hydrogen-bond acceptors (Lipinski definition) is 7. The van der Waals surface area contributed by atoms with Gasteiger partial charge in [0.05, 0.1) is 12.3 Å². The summed E-state index contributed by atoms with van der Waals surface area (Å²) in [6, 6.07) is 14.0. The van der Waals surface area contributed by atoms with Crippen LogP contribution in [0.1, 0.15) is 76.9 Å². The summed E-state index contributed by atoms with van der Waals surface area (Å²) in [6.45, 7) is 27.9. The fourth-order valence-electron chi connectivity index (χ4n) is 2.33. The number of ketones is 1. The summed E-state index contributed by atoms with van der Waals surface area (Å²) in [5.41, 5.74) is 4.49. The molecular formula is C34H57N3O3S. The Morgan fingerprint density at radius 2 is 1.34 bits per heavy atom. The fraction of sp³-hybridized carbons (Fsp3) is 0.471. The molecule has 0 aliphatic carbocycles. The third-order valence-electron chi connectivity index (χ3n) is 4.17. The maximum Gasteiger partial charge on any atom is 0.152 e. The standard InChI is InChI=1S/C10H14O2.C7H10N2S.C7H9N.C4H6O.3C2H6/c1-9-3-5-10(6-4-9)12-8-7-11-2;1-5-7(10-3)4-8-6(2)9-5;1-6-4-3-5-7(2)8-6;1-3-4(2)5;3*1-2/h3-6H,7-8H2,1-2H3;4H,1-3H3;3-5H,1-2H3;3H,1H2,2H3;3*1-2H3. The summed E-state index contributed by atoms with van der Waals surface area (Å²) in [6.07, 6.45) is 5.17. The van der Waals surface area contributed by atoms with Crippen LogP contribution in [-0.2, 0) is 9.53 Å². The Hall–Kier alpha value is -3.03. The van der Waals surface area contributed by atoms with Gasteiger partial charge < -0.3 is 9.47 Å². The van der Waals surface area contributed by atoms with Crippen LogP contribution in [0.3, 0.4) is 0 Å². The molecule has 3 rings (SSSR count). The SMILES string of the molecule is C=CC(C)=O.CC.CC.CC.COCCOc1ccc(C)cc1.CSc1cnc(C)nc1C.Cc1cccc(C)n1. The Bertz CT molecular complexity index is 993. The third kappa shape index (κ3) is 29.8. The molecule has 0 fully saturated rings. The number of aryl methyl sites for hydroxylation is 5. The van der Waals surface area contributed by atoms with Crippen molar-refractivity contribution in [2.24, 2.45) is 0 Å². The number of allylic oxidation sites excluding steroid dienone is 1. The van der Waals surface area contributed by atoms with Gasteiger partial charge in [0.1, 0.15) is 18.2 Å². The molecule has 0 atom stereocenters. The molecule has 1 aromatic carbocycles. The van der Waals surface area contributed by atoms with Crippen LogP contribution in [0.4, 0.5) is 0 Å². The third-order valence-corrected chi connectivity index (χ3v) is 5.01. The zero-order valence-electron chi connectivity index (χ0n) is 28.3. The van der Waals surface area contributed by atoms with Gasteiger partial charge >= 0.3 is 0 Å². The lowest BCUT2D eigenvalue weighted by Gasteiger charge is -2.04. The van der Waals surface area contributed by atoms with Crippen molar-refractivity contribution in [2.45, 2.75) is 88.0 Å². The molecule has 7 heteroatoms. The highest BCUT2D eigenvalue weighted by molar-refractivity contribution is 7.98. The summed E-state index contributed by atoms with van der Waals surface area (Å²) in [7, 11) is 1.67. The van der Waals surface area contributed by atoms with Crippen molar-refractivity contribution in [3.05, 3.63) is 89.8 Å². The molecule has 41 heavy (non-hydrogen) atoms. The molecule has 0 spiro atoms. The van der Waals surface area contributed by atoms with E-state index in [0.29, 0.717) is 13.2 Å². The maximum absolute atomic E-state index is 9.69. The zero-order valence-corrected chi connectivity index (χ0v) is 29.1. The van der Waals surface area contributed by atoms with Crippen LogP contribution in [-0.4, -0.2) is 47.3 Å². The Morgan fingerprint density at radius 3 is 1.68 bits per heavy atom. The average molecular weight is 588 g/mol. The van der Waals surface area contributed by atoms with Crippen molar-refractivity contribution in [2.75, 3.05) is 26.6 Å². The van der Waals surface area contributed by atoms with Crippen LogP contribution in [0.2, 0.25) is 0 Å². The van der Waals surface area contributed by atoms with E-state index in [1.807, 2.05) is 124 Å². The number of aromatic nitrogens is 3. The second-order valence-corrected chi connectivity index (χ2v) is 8.31. The predicted molar refractivity (Wildman–Crippen MR) is 180 cm³/mol. The number of rotatable bonds is 6. The minimum absolute atomic E-state index is 0.0185. The van der Waals surface area contributed by atoms with Crippen LogP contribution in [0.15, 0.2) is 66.2 Å². The lowest BCUT2D eigenvalue weighted by molar-refractivity contribution is -0.112. The first-order valence-corrected chi connectivity index (χ1v) is 15.4. The first-order valence-electron chi connectivity index (χ1n) is 14.2. The first kappa shape index (κ1) is 45.0. The molecule has 0 saturated heterocycles. The number of ether oxygens (including phenoxy) is 2. The van der Waals surface area contributed by atoms with Gasteiger partial charge in [-0.3, -0.25) is 9.78 Å². The van der Waals surface area contributed by atoms with E-state index in [9.17, 15) is 4.79 Å². The van der Waals surface area contributed by atoms with E-state index in [2.05, 4.69) is 28.5 Å². The highest BCUT2D eigenvalue weighted by atomic mass is 32.2. The van der Waals surface area contributed by atoms with Gasteiger partial charge in [-0.1, -0.05) is 71.9 Å². The van der Waals surface area contributed by atoms with Crippen LogP contribution in [0, 0.1) is 34.6 Å². The number of methoxy groups -OCH3 is 1. The van der Waals surface area contributed by atoms with Gasteiger partial charge in [-0.15, -0.1) is 11.8 Å². The molecular weight excluding hydrogens is 530 g/mol. The van der Waals surface area contributed by atoms with Crippen LogP contribution < -0.4 is 4.74 Å². The summed E-state index contributed by atoms with van der Waals surface area (Å²) in [4.78, 5) is 23.3. The Kier molecular flexibility index (Phi) is 36.4. The molecule has 0 aliphatic heterocycles. The molecule has 2 heterocycles. The molecule has 232 valence electrons. The molecule has 0 aliphatic rings. The molecule has 0 amide bonds. The van der Waals surface area contributed by atoms with E-state index in [1.165, 1.54) is 18.6 Å². The van der Waals surface area contributed by atoms with Crippen molar-refractivity contribution in [1.29, 1.82) is 0 Å². The fourth-order valence-corrected chi connectivity index (χ4v) is 2.83. The lowest BCUT2D eigenvalue weighted by Crippen LogP contribution is -2.03. The van der Waals surface area contributed by atoms with Gasteiger partial charge in [-0.2, -0.15) is 0 Å². The molecule has 0 saturated carbocycles. The number of thioether (sulfide) groups is 1. The van der Waals surface area contributed by atoms with Crippen LogP contribution >= 0.6 is 11.8 Å². The second kappa shape index (κ2) is 33.2. The Labute approximate surface area is 256 Å². The molecule has 0 unspecified atom stereocenters. The summed E-state index contributed by atoms with van der Waals surface area (Å²) >= 11 is 1.68. The predicted octanol–water partition coefficient (Wildman–Crippen LogP) is 9.37. The maximum atomic E-state index is 9.69. The van der Waals surface area contributed by atoms with E-state index in [0.717, 1.165) is 33.6 Å². The van der Waals surface area contributed by atoms with E-state index in [-0.39, 0.29) is 5.78 Å². The largest absolute Gasteiger partial charge is 0.491 e. The van der Waals surface area contributed by atoms with E-state index < -0.39 is 0 Å². The minimum atomic E-state index is 0.0185. The average Bonchev–Trinajstić information content (AvgIpc) is 2.98. The highest BCUT2D eigenvalue weighted by Crippen LogP contribution is 2.15. The molecule has 0 radical (unpaired) electrons. The van der Waals surface area contributed by atoms with Gasteiger partial charge in [0.25, 0.3) is 0 Å². The lowest BCUT2D eigenvalue weighted by atomic mass is 10.2.